The zero-order chi connectivity index (χ0) is 16.1. The molecule has 1 aliphatic heterocycles. The van der Waals surface area contributed by atoms with Crippen LogP contribution in [0.2, 0.25) is 0 Å². The number of rotatable bonds is 5. The quantitative estimate of drug-likeness (QED) is 0.911. The van der Waals surface area contributed by atoms with Crippen LogP contribution < -0.4 is 4.90 Å². The van der Waals surface area contributed by atoms with Gasteiger partial charge in [0.1, 0.15) is 6.10 Å². The Morgan fingerprint density at radius 3 is 2.91 bits per heavy atom. The van der Waals surface area contributed by atoms with Crippen molar-refractivity contribution in [3.8, 4) is 0 Å². The first-order valence-corrected chi connectivity index (χ1v) is 7.66. The van der Waals surface area contributed by atoms with Gasteiger partial charge in [-0.25, -0.2) is 0 Å². The minimum absolute atomic E-state index is 0.0554. The number of aliphatic carboxylic acids is 1. The first-order valence-electron chi connectivity index (χ1n) is 7.66. The Balaban J connectivity index is 1.71. The van der Waals surface area contributed by atoms with Crippen LogP contribution >= 0.6 is 0 Å². The van der Waals surface area contributed by atoms with Crippen LogP contribution in [-0.4, -0.2) is 40.7 Å². The lowest BCUT2D eigenvalue weighted by atomic mass is 10.1. The number of carboxylic acid groups (broad SMARTS) is 1. The second kappa shape index (κ2) is 7.19. The lowest BCUT2D eigenvalue weighted by Gasteiger charge is -2.34. The van der Waals surface area contributed by atoms with Gasteiger partial charge in [-0.3, -0.25) is 14.8 Å². The van der Waals surface area contributed by atoms with Crippen LogP contribution in [0.3, 0.4) is 0 Å². The molecule has 0 spiro atoms. The number of para-hydroxylation sites is 1. The Morgan fingerprint density at radius 2 is 2.13 bits per heavy atom. The highest BCUT2D eigenvalue weighted by molar-refractivity contribution is 5.66. The van der Waals surface area contributed by atoms with Gasteiger partial charge in [0.15, 0.2) is 0 Å². The number of carbonyl (C=O) groups is 1. The zero-order valence-electron chi connectivity index (χ0n) is 12.8. The van der Waals surface area contributed by atoms with Gasteiger partial charge in [-0.1, -0.05) is 18.2 Å². The lowest BCUT2D eigenvalue weighted by Crippen LogP contribution is -2.38. The molecular formula is C17H19N3O3. The Kier molecular flexibility index (Phi) is 4.83. The van der Waals surface area contributed by atoms with Gasteiger partial charge in [0.25, 0.3) is 0 Å². The molecular weight excluding hydrogens is 294 g/mol. The molecule has 0 saturated carbocycles. The van der Waals surface area contributed by atoms with Crippen LogP contribution in [0.1, 0.15) is 23.9 Å². The number of carboxylic acids is 1. The van der Waals surface area contributed by atoms with Crippen LogP contribution in [0.4, 0.5) is 5.69 Å². The molecule has 1 fully saturated rings. The minimum atomic E-state index is -0.832. The summed E-state index contributed by atoms with van der Waals surface area (Å²) in [5.41, 5.74) is 2.61. The van der Waals surface area contributed by atoms with E-state index in [1.165, 1.54) is 0 Å². The van der Waals surface area contributed by atoms with Crippen molar-refractivity contribution in [1.82, 2.24) is 9.97 Å². The molecule has 1 N–H and O–H groups in total. The largest absolute Gasteiger partial charge is 0.481 e. The van der Waals surface area contributed by atoms with E-state index >= 15 is 0 Å². The summed E-state index contributed by atoms with van der Waals surface area (Å²) >= 11 is 0. The van der Waals surface area contributed by atoms with Gasteiger partial charge in [-0.2, -0.15) is 0 Å². The number of ether oxygens (including phenoxy) is 1. The molecule has 3 rings (SSSR count). The molecule has 120 valence electrons. The molecule has 0 amide bonds. The fraction of sp³-hybridized carbons (Fsp3) is 0.353. The van der Waals surface area contributed by atoms with Gasteiger partial charge in [0, 0.05) is 24.8 Å². The number of aryl methyl sites for hydroxylation is 1. The second-order valence-corrected chi connectivity index (χ2v) is 5.47. The monoisotopic (exact) mass is 313 g/mol. The summed E-state index contributed by atoms with van der Waals surface area (Å²) in [5, 5.41) is 8.77. The molecule has 2 heterocycles. The summed E-state index contributed by atoms with van der Waals surface area (Å²) in [7, 11) is 0. The third kappa shape index (κ3) is 4.04. The number of hydrogen-bond acceptors (Lipinski definition) is 5. The van der Waals surface area contributed by atoms with Crippen molar-refractivity contribution < 1.29 is 14.6 Å². The highest BCUT2D eigenvalue weighted by Gasteiger charge is 2.23. The van der Waals surface area contributed by atoms with E-state index in [-0.39, 0.29) is 12.5 Å². The summed E-state index contributed by atoms with van der Waals surface area (Å²) in [6.07, 6.45) is 3.60. The maximum Gasteiger partial charge on any atom is 0.303 e. The molecule has 1 atom stereocenters. The summed E-state index contributed by atoms with van der Waals surface area (Å²) in [6, 6.07) is 10.2. The van der Waals surface area contributed by atoms with E-state index in [0.29, 0.717) is 25.3 Å². The Morgan fingerprint density at radius 1 is 1.30 bits per heavy atom. The zero-order valence-corrected chi connectivity index (χ0v) is 12.8. The smallest absolute Gasteiger partial charge is 0.303 e. The van der Waals surface area contributed by atoms with Crippen LogP contribution in [0.25, 0.3) is 0 Å². The van der Waals surface area contributed by atoms with Crippen LogP contribution in [0, 0.1) is 0 Å². The minimum Gasteiger partial charge on any atom is -0.481 e. The number of morpholine rings is 1. The maximum absolute atomic E-state index is 10.7. The van der Waals surface area contributed by atoms with Gasteiger partial charge >= 0.3 is 5.97 Å². The van der Waals surface area contributed by atoms with Gasteiger partial charge in [0.05, 0.1) is 37.2 Å². The van der Waals surface area contributed by atoms with Gasteiger partial charge in [-0.05, 0) is 12.1 Å². The van der Waals surface area contributed by atoms with Gasteiger partial charge in [-0.15, -0.1) is 0 Å². The predicted molar refractivity (Wildman–Crippen MR) is 85.3 cm³/mol. The maximum atomic E-state index is 10.7. The fourth-order valence-corrected chi connectivity index (χ4v) is 2.64. The summed E-state index contributed by atoms with van der Waals surface area (Å²) < 4.78 is 5.84. The van der Waals surface area contributed by atoms with Crippen molar-refractivity contribution >= 4 is 11.7 Å². The van der Waals surface area contributed by atoms with Crippen molar-refractivity contribution in [2.75, 3.05) is 24.6 Å². The topological polar surface area (TPSA) is 75.5 Å². The van der Waals surface area contributed by atoms with E-state index in [9.17, 15) is 4.79 Å². The molecule has 6 heteroatoms. The standard InChI is InChI=1S/C17H19N3O3/c21-17(22)7-6-13-10-18-11-15(19-13)16-12-20(8-9-23-16)14-4-2-1-3-5-14/h1-5,10-11,16H,6-9,12H2,(H,21,22). The number of aromatic nitrogens is 2. The number of benzene rings is 1. The average molecular weight is 313 g/mol. The predicted octanol–water partition coefficient (Wildman–Crippen LogP) is 2.07. The molecule has 1 aliphatic rings. The molecule has 1 saturated heterocycles. The Labute approximate surface area is 134 Å². The second-order valence-electron chi connectivity index (χ2n) is 5.47. The highest BCUT2D eigenvalue weighted by atomic mass is 16.5. The first kappa shape index (κ1) is 15.4. The van der Waals surface area contributed by atoms with Crippen molar-refractivity contribution in [1.29, 1.82) is 0 Å². The van der Waals surface area contributed by atoms with Crippen molar-refractivity contribution in [2.24, 2.45) is 0 Å². The highest BCUT2D eigenvalue weighted by Crippen LogP contribution is 2.24. The van der Waals surface area contributed by atoms with E-state index in [4.69, 9.17) is 9.84 Å². The molecule has 1 aromatic heterocycles. The van der Waals surface area contributed by atoms with E-state index in [0.717, 1.165) is 17.9 Å². The van der Waals surface area contributed by atoms with Crippen LogP contribution in [-0.2, 0) is 16.0 Å². The molecule has 0 aliphatic carbocycles. The van der Waals surface area contributed by atoms with Crippen LogP contribution in [0.5, 0.6) is 0 Å². The summed E-state index contributed by atoms with van der Waals surface area (Å²) in [6.45, 7) is 2.17. The van der Waals surface area contributed by atoms with Gasteiger partial charge in [0.2, 0.25) is 0 Å². The van der Waals surface area contributed by atoms with Crippen molar-refractivity contribution in [3.63, 3.8) is 0 Å². The first-order chi connectivity index (χ1) is 11.2. The number of anilines is 1. The summed E-state index contributed by atoms with van der Waals surface area (Å²) in [4.78, 5) is 21.6. The van der Waals surface area contributed by atoms with E-state index in [1.54, 1.807) is 12.4 Å². The third-order valence-corrected chi connectivity index (χ3v) is 3.82. The van der Waals surface area contributed by atoms with Gasteiger partial charge < -0.3 is 14.7 Å². The molecule has 23 heavy (non-hydrogen) atoms. The SMILES string of the molecule is O=C(O)CCc1cncc(C2CN(c3ccccc3)CCO2)n1. The molecule has 1 unspecified atom stereocenters. The lowest BCUT2D eigenvalue weighted by molar-refractivity contribution is -0.136. The van der Waals surface area contributed by atoms with Crippen molar-refractivity contribution in [2.45, 2.75) is 18.9 Å². The number of nitrogens with zero attached hydrogens (tertiary/aromatic N) is 3. The van der Waals surface area contributed by atoms with Crippen molar-refractivity contribution in [3.05, 3.63) is 54.1 Å². The summed E-state index contributed by atoms with van der Waals surface area (Å²) in [5.74, 6) is -0.832. The molecule has 2 aromatic rings. The number of hydrogen-bond donors (Lipinski definition) is 1. The Bertz CT molecular complexity index is 663. The molecule has 1 aromatic carbocycles. The fourth-order valence-electron chi connectivity index (χ4n) is 2.64. The van der Waals surface area contributed by atoms with E-state index < -0.39 is 5.97 Å². The average Bonchev–Trinajstić information content (AvgIpc) is 2.61. The molecule has 0 bridgehead atoms. The van der Waals surface area contributed by atoms with Crippen LogP contribution in [0.15, 0.2) is 42.7 Å². The molecule has 0 radical (unpaired) electrons. The molecule has 6 nitrogen and oxygen atoms in total. The Hall–Kier alpha value is -2.47. The van der Waals surface area contributed by atoms with E-state index in [2.05, 4.69) is 27.0 Å². The van der Waals surface area contributed by atoms with E-state index in [1.807, 2.05) is 18.2 Å². The third-order valence-electron chi connectivity index (χ3n) is 3.82. The normalized spacial score (nSPS) is 17.9.